The first kappa shape index (κ1) is 20.4. The normalized spacial score (nSPS) is 24.7. The molecule has 0 N–H and O–H groups in total. The third-order valence-corrected chi connectivity index (χ3v) is 6.30. The fourth-order valence-corrected chi connectivity index (χ4v) is 4.66. The average Bonchev–Trinajstić information content (AvgIpc) is 3.18. The predicted molar refractivity (Wildman–Crippen MR) is 115 cm³/mol. The summed E-state index contributed by atoms with van der Waals surface area (Å²) in [5, 5.41) is 0. The molecule has 29 heavy (non-hydrogen) atoms. The molecule has 2 aromatic rings. The van der Waals surface area contributed by atoms with E-state index in [1.54, 1.807) is 0 Å². The minimum Gasteiger partial charge on any atom is -0.494 e. The van der Waals surface area contributed by atoms with Crippen molar-refractivity contribution in [2.45, 2.75) is 32.9 Å². The van der Waals surface area contributed by atoms with Crippen LogP contribution in [-0.4, -0.2) is 78.6 Å². The van der Waals surface area contributed by atoms with Gasteiger partial charge >= 0.3 is 0 Å². The lowest BCUT2D eigenvalue weighted by molar-refractivity contribution is 0.0322. The first-order valence-electron chi connectivity index (χ1n) is 10.9. The van der Waals surface area contributed by atoms with Crippen LogP contribution in [0.15, 0.2) is 34.9 Å². The molecule has 6 nitrogen and oxygen atoms in total. The minimum absolute atomic E-state index is 0.673. The van der Waals surface area contributed by atoms with E-state index >= 15 is 0 Å². The summed E-state index contributed by atoms with van der Waals surface area (Å²) < 4.78 is 11.3. The van der Waals surface area contributed by atoms with E-state index < -0.39 is 0 Å². The SMILES string of the molecule is CCOc1ccc(-c2nc(CN3CC[C@@H](N4CCN(C)CC4)[C@H](C)C3)co2)cc1. The fraction of sp³-hybridized carbons (Fsp3) is 0.609. The molecule has 0 saturated carbocycles. The lowest BCUT2D eigenvalue weighted by Crippen LogP contribution is -2.55. The molecule has 2 aliphatic heterocycles. The maximum atomic E-state index is 5.75. The maximum Gasteiger partial charge on any atom is 0.226 e. The van der Waals surface area contributed by atoms with Crippen molar-refractivity contribution >= 4 is 0 Å². The van der Waals surface area contributed by atoms with Crippen molar-refractivity contribution in [1.29, 1.82) is 0 Å². The molecule has 2 fully saturated rings. The lowest BCUT2D eigenvalue weighted by Gasteiger charge is -2.45. The Labute approximate surface area is 174 Å². The van der Waals surface area contributed by atoms with Gasteiger partial charge in [0, 0.05) is 57.4 Å². The van der Waals surface area contributed by atoms with Gasteiger partial charge in [-0.3, -0.25) is 9.80 Å². The number of oxazole rings is 1. The van der Waals surface area contributed by atoms with Crippen molar-refractivity contribution in [3.05, 3.63) is 36.2 Å². The topological polar surface area (TPSA) is 45.0 Å². The van der Waals surface area contributed by atoms with Gasteiger partial charge in [-0.25, -0.2) is 4.98 Å². The van der Waals surface area contributed by atoms with E-state index in [-0.39, 0.29) is 0 Å². The van der Waals surface area contributed by atoms with Gasteiger partial charge in [-0.15, -0.1) is 0 Å². The summed E-state index contributed by atoms with van der Waals surface area (Å²) in [6, 6.07) is 8.66. The number of likely N-dealkylation sites (N-methyl/N-ethyl adjacent to an activating group) is 1. The molecule has 0 radical (unpaired) electrons. The summed E-state index contributed by atoms with van der Waals surface area (Å²) in [6.45, 7) is 13.0. The van der Waals surface area contributed by atoms with E-state index in [4.69, 9.17) is 14.1 Å². The zero-order chi connectivity index (χ0) is 20.2. The third-order valence-electron chi connectivity index (χ3n) is 6.30. The number of hydrogen-bond acceptors (Lipinski definition) is 6. The first-order chi connectivity index (χ1) is 14.1. The molecule has 0 aliphatic carbocycles. The van der Waals surface area contributed by atoms with Crippen molar-refractivity contribution in [1.82, 2.24) is 19.7 Å². The number of piperazine rings is 1. The Morgan fingerprint density at radius 3 is 2.55 bits per heavy atom. The predicted octanol–water partition coefficient (Wildman–Crippen LogP) is 3.20. The van der Waals surface area contributed by atoms with Crippen LogP contribution in [0.4, 0.5) is 0 Å². The van der Waals surface area contributed by atoms with Crippen LogP contribution < -0.4 is 4.74 Å². The number of piperidine rings is 1. The van der Waals surface area contributed by atoms with Gasteiger partial charge in [0.15, 0.2) is 0 Å². The molecule has 158 valence electrons. The average molecular weight is 399 g/mol. The molecule has 6 heteroatoms. The summed E-state index contributed by atoms with van der Waals surface area (Å²) in [5.74, 6) is 2.24. The van der Waals surface area contributed by atoms with Crippen LogP contribution in [0.25, 0.3) is 11.5 Å². The monoisotopic (exact) mass is 398 g/mol. The molecular formula is C23H34N4O2. The number of hydrogen-bond donors (Lipinski definition) is 0. The Kier molecular flexibility index (Phi) is 6.53. The summed E-state index contributed by atoms with van der Waals surface area (Å²) in [5.41, 5.74) is 2.00. The molecule has 0 spiro atoms. The lowest BCUT2D eigenvalue weighted by atomic mass is 9.91. The number of rotatable bonds is 6. The summed E-state index contributed by atoms with van der Waals surface area (Å²) in [7, 11) is 2.23. The highest BCUT2D eigenvalue weighted by molar-refractivity contribution is 5.54. The highest BCUT2D eigenvalue weighted by Crippen LogP contribution is 2.26. The molecule has 3 heterocycles. The molecule has 2 atom stereocenters. The van der Waals surface area contributed by atoms with Crippen LogP contribution >= 0.6 is 0 Å². The largest absolute Gasteiger partial charge is 0.494 e. The van der Waals surface area contributed by atoms with Crippen molar-refractivity contribution in [3.63, 3.8) is 0 Å². The zero-order valence-electron chi connectivity index (χ0n) is 18.0. The van der Waals surface area contributed by atoms with Gasteiger partial charge in [0.1, 0.15) is 12.0 Å². The highest BCUT2D eigenvalue weighted by atomic mass is 16.5. The maximum absolute atomic E-state index is 5.75. The Morgan fingerprint density at radius 2 is 1.86 bits per heavy atom. The number of nitrogens with zero attached hydrogens (tertiary/aromatic N) is 4. The van der Waals surface area contributed by atoms with Gasteiger partial charge in [0.05, 0.1) is 12.3 Å². The zero-order valence-corrected chi connectivity index (χ0v) is 18.0. The van der Waals surface area contributed by atoms with Crippen molar-refractivity contribution in [2.75, 3.05) is 52.9 Å². The van der Waals surface area contributed by atoms with E-state index in [2.05, 4.69) is 28.7 Å². The highest BCUT2D eigenvalue weighted by Gasteiger charge is 2.32. The molecule has 2 saturated heterocycles. The van der Waals surface area contributed by atoms with Gasteiger partial charge in [-0.05, 0) is 50.6 Å². The van der Waals surface area contributed by atoms with Crippen molar-refractivity contribution in [2.24, 2.45) is 5.92 Å². The molecule has 0 bridgehead atoms. The molecule has 0 amide bonds. The Morgan fingerprint density at radius 1 is 1.10 bits per heavy atom. The summed E-state index contributed by atoms with van der Waals surface area (Å²) in [6.07, 6.45) is 3.05. The van der Waals surface area contributed by atoms with Gasteiger partial charge in [-0.1, -0.05) is 6.92 Å². The molecule has 1 aromatic heterocycles. The van der Waals surface area contributed by atoms with Gasteiger partial charge in [0.2, 0.25) is 5.89 Å². The number of aromatic nitrogens is 1. The second-order valence-electron chi connectivity index (χ2n) is 8.51. The van der Waals surface area contributed by atoms with E-state index in [1.165, 1.54) is 32.6 Å². The van der Waals surface area contributed by atoms with E-state index in [9.17, 15) is 0 Å². The van der Waals surface area contributed by atoms with E-state index in [0.717, 1.165) is 42.7 Å². The number of likely N-dealkylation sites (tertiary alicyclic amines) is 1. The van der Waals surface area contributed by atoms with Gasteiger partial charge < -0.3 is 14.1 Å². The summed E-state index contributed by atoms with van der Waals surface area (Å²) in [4.78, 5) is 12.4. The fourth-order valence-electron chi connectivity index (χ4n) is 4.66. The van der Waals surface area contributed by atoms with Crippen LogP contribution in [0, 0.1) is 5.92 Å². The van der Waals surface area contributed by atoms with Crippen LogP contribution in [0.2, 0.25) is 0 Å². The molecule has 0 unspecified atom stereocenters. The Balaban J connectivity index is 1.31. The molecular weight excluding hydrogens is 364 g/mol. The number of benzene rings is 1. The van der Waals surface area contributed by atoms with Gasteiger partial charge in [-0.2, -0.15) is 0 Å². The van der Waals surface area contributed by atoms with E-state index in [0.29, 0.717) is 18.4 Å². The standard InChI is InChI=1S/C23H34N4O2/c1-4-28-21-7-5-19(6-8-21)23-24-20(17-29-23)16-26-10-9-22(18(2)15-26)27-13-11-25(3)12-14-27/h5-8,17-18,22H,4,9-16H2,1-3H3/t18-,22-/m1/s1. The third kappa shape index (κ3) is 5.00. The second kappa shape index (κ2) is 9.28. The number of ether oxygens (including phenoxy) is 1. The Bertz CT molecular complexity index is 767. The molecule has 4 rings (SSSR count). The quantitative estimate of drug-likeness (QED) is 0.745. The first-order valence-corrected chi connectivity index (χ1v) is 10.9. The minimum atomic E-state index is 0.673. The Hall–Kier alpha value is -1.89. The van der Waals surface area contributed by atoms with Crippen molar-refractivity contribution in [3.8, 4) is 17.2 Å². The van der Waals surface area contributed by atoms with Crippen LogP contribution in [0.3, 0.4) is 0 Å². The smallest absolute Gasteiger partial charge is 0.226 e. The van der Waals surface area contributed by atoms with E-state index in [1.807, 2.05) is 37.5 Å². The summed E-state index contributed by atoms with van der Waals surface area (Å²) >= 11 is 0. The van der Waals surface area contributed by atoms with Crippen LogP contribution in [-0.2, 0) is 6.54 Å². The van der Waals surface area contributed by atoms with Gasteiger partial charge in [0.25, 0.3) is 0 Å². The molecule has 2 aliphatic rings. The van der Waals surface area contributed by atoms with Crippen LogP contribution in [0.1, 0.15) is 26.0 Å². The van der Waals surface area contributed by atoms with Crippen molar-refractivity contribution < 1.29 is 9.15 Å². The molecule has 1 aromatic carbocycles. The second-order valence-corrected chi connectivity index (χ2v) is 8.51. The van der Waals surface area contributed by atoms with Crippen LogP contribution in [0.5, 0.6) is 5.75 Å².